The molecule has 11 nitrogen and oxygen atoms in total. The highest BCUT2D eigenvalue weighted by Gasteiger charge is 2.28. The average molecular weight is 650 g/mol. The standard InChI is InChI=1S/C34H40ClN5O6/c1-34(2,3)46-33(42)39-16-13-26(14-17-39)45-29-11-8-24(19-28(29)35)38-30-27-18-23(32(41)44-5)12-15-40(31(27)37-21-36-30)20-22-6-9-25(43-4)10-7-22/h6-11,18-19,21,26H,12-17,20H2,1-5H3,(H,36,37,38). The van der Waals surface area contributed by atoms with Crippen LogP contribution >= 0.6 is 11.6 Å². The summed E-state index contributed by atoms with van der Waals surface area (Å²) < 4.78 is 22.1. The number of nitrogens with one attached hydrogen (secondary N) is 1. The summed E-state index contributed by atoms with van der Waals surface area (Å²) in [5, 5.41) is 3.79. The van der Waals surface area contributed by atoms with Gasteiger partial charge in [0.2, 0.25) is 0 Å². The molecule has 0 spiro atoms. The summed E-state index contributed by atoms with van der Waals surface area (Å²) in [4.78, 5) is 38.0. The van der Waals surface area contributed by atoms with Crippen LogP contribution in [0.5, 0.6) is 11.5 Å². The number of ether oxygens (including phenoxy) is 4. The number of hydrogen-bond donors (Lipinski definition) is 1. The zero-order valence-corrected chi connectivity index (χ0v) is 27.6. The molecule has 3 heterocycles. The zero-order chi connectivity index (χ0) is 32.8. The number of benzene rings is 2. The number of carbonyl (C=O) groups excluding carboxylic acids is 2. The molecule has 244 valence electrons. The number of rotatable bonds is 8. The van der Waals surface area contributed by atoms with Gasteiger partial charge in [-0.25, -0.2) is 19.6 Å². The molecule has 2 aromatic carbocycles. The third-order valence-corrected chi connectivity index (χ3v) is 7.99. The monoisotopic (exact) mass is 649 g/mol. The molecular weight excluding hydrogens is 610 g/mol. The lowest BCUT2D eigenvalue weighted by molar-refractivity contribution is -0.136. The fourth-order valence-electron chi connectivity index (χ4n) is 5.35. The van der Waals surface area contributed by atoms with E-state index in [0.717, 1.165) is 11.3 Å². The normalized spacial score (nSPS) is 15.3. The molecule has 2 aliphatic rings. The number of piperidine rings is 1. The summed E-state index contributed by atoms with van der Waals surface area (Å²) in [6.45, 7) is 7.80. The van der Waals surface area contributed by atoms with Crippen molar-refractivity contribution in [3.05, 3.63) is 70.5 Å². The van der Waals surface area contributed by atoms with Crippen molar-refractivity contribution >= 4 is 47.1 Å². The van der Waals surface area contributed by atoms with E-state index in [1.165, 1.54) is 13.4 Å². The first-order chi connectivity index (χ1) is 22.0. The lowest BCUT2D eigenvalue weighted by atomic mass is 10.1. The highest BCUT2D eigenvalue weighted by molar-refractivity contribution is 6.32. The fourth-order valence-corrected chi connectivity index (χ4v) is 5.57. The van der Waals surface area contributed by atoms with Gasteiger partial charge < -0.3 is 34.1 Å². The number of carbonyl (C=O) groups is 2. The molecule has 12 heteroatoms. The first kappa shape index (κ1) is 32.9. The Bertz CT molecular complexity index is 1580. The molecule has 5 rings (SSSR count). The van der Waals surface area contributed by atoms with Gasteiger partial charge in [-0.3, -0.25) is 0 Å². The second-order valence-electron chi connectivity index (χ2n) is 12.2. The van der Waals surface area contributed by atoms with E-state index in [2.05, 4.69) is 20.2 Å². The zero-order valence-electron chi connectivity index (χ0n) is 26.8. The van der Waals surface area contributed by atoms with Gasteiger partial charge in [-0.1, -0.05) is 23.7 Å². The Morgan fingerprint density at radius 2 is 1.76 bits per heavy atom. The predicted octanol–water partition coefficient (Wildman–Crippen LogP) is 6.63. The van der Waals surface area contributed by atoms with Gasteiger partial charge in [-0.2, -0.15) is 0 Å². The van der Waals surface area contributed by atoms with Crippen LogP contribution in [-0.2, 0) is 20.8 Å². The molecule has 1 amide bonds. The lowest BCUT2D eigenvalue weighted by Gasteiger charge is -2.33. The molecule has 0 saturated carbocycles. The van der Waals surface area contributed by atoms with E-state index in [4.69, 9.17) is 30.5 Å². The smallest absolute Gasteiger partial charge is 0.410 e. The molecule has 0 aliphatic carbocycles. The highest BCUT2D eigenvalue weighted by atomic mass is 35.5. The van der Waals surface area contributed by atoms with Crippen molar-refractivity contribution < 1.29 is 28.5 Å². The van der Waals surface area contributed by atoms with Crippen molar-refractivity contribution in [3.8, 4) is 11.5 Å². The third-order valence-electron chi connectivity index (χ3n) is 7.69. The Morgan fingerprint density at radius 1 is 1.02 bits per heavy atom. The summed E-state index contributed by atoms with van der Waals surface area (Å²) in [6.07, 6.45) is 4.73. The fraction of sp³-hybridized carbons (Fsp3) is 0.412. The quantitative estimate of drug-likeness (QED) is 0.267. The van der Waals surface area contributed by atoms with E-state index in [1.807, 2.05) is 57.2 Å². The molecule has 1 aromatic heterocycles. The third kappa shape index (κ3) is 8.20. The number of methoxy groups -OCH3 is 2. The van der Waals surface area contributed by atoms with Crippen LogP contribution in [0.1, 0.15) is 51.2 Å². The SMILES string of the molecule is COC(=O)C1=Cc2c(Nc3ccc(OC4CCN(C(=O)OC(C)(C)C)CC4)c(Cl)c3)ncnc2N(Cc2ccc(OC)cc2)CC1. The topological polar surface area (TPSA) is 115 Å². The highest BCUT2D eigenvalue weighted by Crippen LogP contribution is 2.35. The molecule has 1 saturated heterocycles. The van der Waals surface area contributed by atoms with Crippen LogP contribution in [-0.4, -0.2) is 72.5 Å². The molecule has 0 bridgehead atoms. The van der Waals surface area contributed by atoms with Gasteiger partial charge in [-0.05, 0) is 69.2 Å². The first-order valence-corrected chi connectivity index (χ1v) is 15.6. The van der Waals surface area contributed by atoms with Crippen LogP contribution in [0, 0.1) is 0 Å². The predicted molar refractivity (Wildman–Crippen MR) is 177 cm³/mol. The summed E-state index contributed by atoms with van der Waals surface area (Å²) >= 11 is 6.68. The van der Waals surface area contributed by atoms with Crippen LogP contribution in [0.2, 0.25) is 5.02 Å². The number of nitrogens with zero attached hydrogens (tertiary/aromatic N) is 4. The van der Waals surface area contributed by atoms with Gasteiger partial charge in [-0.15, -0.1) is 0 Å². The number of anilines is 3. The van der Waals surface area contributed by atoms with Crippen molar-refractivity contribution in [1.29, 1.82) is 0 Å². The largest absolute Gasteiger partial charge is 0.497 e. The minimum atomic E-state index is -0.533. The van der Waals surface area contributed by atoms with Crippen LogP contribution < -0.4 is 19.7 Å². The van der Waals surface area contributed by atoms with Gasteiger partial charge in [0.1, 0.15) is 41.2 Å². The number of hydrogen-bond acceptors (Lipinski definition) is 10. The van der Waals surface area contributed by atoms with Crippen molar-refractivity contribution in [2.45, 2.75) is 58.3 Å². The minimum absolute atomic E-state index is 0.0776. The second-order valence-corrected chi connectivity index (χ2v) is 12.6. The average Bonchev–Trinajstić information content (AvgIpc) is 3.22. The van der Waals surface area contributed by atoms with Gasteiger partial charge in [0.25, 0.3) is 0 Å². The van der Waals surface area contributed by atoms with Gasteiger partial charge in [0, 0.05) is 50.3 Å². The molecule has 3 aromatic rings. The van der Waals surface area contributed by atoms with Crippen molar-refractivity contribution in [3.63, 3.8) is 0 Å². The Hall–Kier alpha value is -4.51. The summed E-state index contributed by atoms with van der Waals surface area (Å²) in [7, 11) is 3.01. The van der Waals surface area contributed by atoms with E-state index in [1.54, 1.807) is 24.2 Å². The molecule has 0 atom stereocenters. The van der Waals surface area contributed by atoms with Crippen LogP contribution in [0.25, 0.3) is 6.08 Å². The lowest BCUT2D eigenvalue weighted by Crippen LogP contribution is -2.44. The van der Waals surface area contributed by atoms with E-state index in [-0.39, 0.29) is 12.2 Å². The van der Waals surface area contributed by atoms with Crippen LogP contribution in [0.3, 0.4) is 0 Å². The summed E-state index contributed by atoms with van der Waals surface area (Å²) in [5.41, 5.74) is 2.42. The second kappa shape index (κ2) is 14.3. The molecule has 0 radical (unpaired) electrons. The molecule has 1 N–H and O–H groups in total. The summed E-state index contributed by atoms with van der Waals surface area (Å²) in [5.74, 6) is 2.15. The number of fused-ring (bicyclic) bond motifs is 1. The maximum atomic E-state index is 12.6. The molecular formula is C34H40ClN5O6. The van der Waals surface area contributed by atoms with Gasteiger partial charge >= 0.3 is 12.1 Å². The van der Waals surface area contributed by atoms with Gasteiger partial charge in [0.15, 0.2) is 0 Å². The number of aromatic nitrogens is 2. The minimum Gasteiger partial charge on any atom is -0.497 e. The number of amides is 1. The van der Waals surface area contributed by atoms with Crippen molar-refractivity contribution in [2.24, 2.45) is 0 Å². The first-order valence-electron chi connectivity index (χ1n) is 15.3. The van der Waals surface area contributed by atoms with Crippen LogP contribution in [0.4, 0.5) is 22.1 Å². The Labute approximate surface area is 274 Å². The number of halogens is 1. The number of esters is 1. The van der Waals surface area contributed by atoms with Crippen molar-refractivity contribution in [2.75, 3.05) is 44.1 Å². The molecule has 1 fully saturated rings. The molecule has 0 unspecified atom stereocenters. The number of likely N-dealkylation sites (tertiary alicyclic amines) is 1. The Morgan fingerprint density at radius 3 is 2.41 bits per heavy atom. The Kier molecular flexibility index (Phi) is 10.2. The van der Waals surface area contributed by atoms with E-state index >= 15 is 0 Å². The van der Waals surface area contributed by atoms with E-state index in [9.17, 15) is 9.59 Å². The van der Waals surface area contributed by atoms with Crippen LogP contribution in [0.15, 0.2) is 54.4 Å². The Balaban J connectivity index is 1.31. The maximum Gasteiger partial charge on any atom is 0.410 e. The maximum absolute atomic E-state index is 12.6. The van der Waals surface area contributed by atoms with Crippen molar-refractivity contribution in [1.82, 2.24) is 14.9 Å². The van der Waals surface area contributed by atoms with Gasteiger partial charge in [0.05, 0.1) is 24.8 Å². The van der Waals surface area contributed by atoms with E-state index in [0.29, 0.717) is 84.7 Å². The molecule has 2 aliphatic heterocycles. The van der Waals surface area contributed by atoms with E-state index < -0.39 is 11.6 Å². The summed E-state index contributed by atoms with van der Waals surface area (Å²) in [6, 6.07) is 13.3. The molecule has 46 heavy (non-hydrogen) atoms.